The molecule has 0 amide bonds. The largest absolute Gasteiger partial charge is 0.321 e. The summed E-state index contributed by atoms with van der Waals surface area (Å²) in [6.07, 6.45) is 2.91. The lowest BCUT2D eigenvalue weighted by Gasteiger charge is -2.12. The van der Waals surface area contributed by atoms with E-state index in [-0.39, 0.29) is 5.43 Å². The molecule has 0 atom stereocenters. The van der Waals surface area contributed by atoms with E-state index in [4.69, 9.17) is 0 Å². The summed E-state index contributed by atoms with van der Waals surface area (Å²) in [5, 5.41) is 0. The lowest BCUT2D eigenvalue weighted by molar-refractivity contribution is 0.954. The molecule has 0 unspecified atom stereocenters. The summed E-state index contributed by atoms with van der Waals surface area (Å²) in [5.74, 6) is 0.464. The van der Waals surface area contributed by atoms with Crippen LogP contribution in [0.3, 0.4) is 0 Å². The van der Waals surface area contributed by atoms with Gasteiger partial charge in [-0.25, -0.2) is 0 Å². The third-order valence-corrected chi connectivity index (χ3v) is 3.46. The van der Waals surface area contributed by atoms with Gasteiger partial charge in [0.25, 0.3) is 0 Å². The molecule has 2 aromatic rings. The van der Waals surface area contributed by atoms with Gasteiger partial charge in [0.1, 0.15) is 0 Å². The van der Waals surface area contributed by atoms with Crippen LogP contribution in [0.2, 0.25) is 0 Å². The van der Waals surface area contributed by atoms with Gasteiger partial charge in [-0.05, 0) is 31.0 Å². The number of aryl methyl sites for hydroxylation is 2. The Bertz CT molecular complexity index is 599. The van der Waals surface area contributed by atoms with Crippen LogP contribution in [0.5, 0.6) is 0 Å². The first kappa shape index (κ1) is 13.0. The highest BCUT2D eigenvalue weighted by Crippen LogP contribution is 2.13. The molecule has 3 heteroatoms. The van der Waals surface area contributed by atoms with Gasteiger partial charge in [0, 0.05) is 35.0 Å². The molecule has 1 aromatic heterocycles. The summed E-state index contributed by atoms with van der Waals surface area (Å²) < 4.78 is 2.03. The zero-order valence-corrected chi connectivity index (χ0v) is 11.6. The van der Waals surface area contributed by atoms with Crippen LogP contribution in [0, 0.1) is 6.92 Å². The van der Waals surface area contributed by atoms with Gasteiger partial charge in [0.15, 0.2) is 5.43 Å². The van der Waals surface area contributed by atoms with E-state index in [1.54, 1.807) is 6.07 Å². The molecule has 0 N–H and O–H groups in total. The summed E-state index contributed by atoms with van der Waals surface area (Å²) in [5.41, 5.74) is 4.11. The van der Waals surface area contributed by atoms with Gasteiger partial charge in [-0.3, -0.25) is 4.79 Å². The van der Waals surface area contributed by atoms with Crippen molar-refractivity contribution in [3.63, 3.8) is 0 Å². The van der Waals surface area contributed by atoms with E-state index in [1.165, 1.54) is 5.56 Å². The normalized spacial score (nSPS) is 10.6. The van der Waals surface area contributed by atoms with Gasteiger partial charge in [-0.2, -0.15) is 12.6 Å². The van der Waals surface area contributed by atoms with Crippen molar-refractivity contribution in [1.29, 1.82) is 0 Å². The third-order valence-electron chi connectivity index (χ3n) is 3.11. The molecule has 0 aliphatic carbocycles. The summed E-state index contributed by atoms with van der Waals surface area (Å²) in [4.78, 5) is 11.7. The first-order valence-corrected chi connectivity index (χ1v) is 6.71. The maximum Gasteiger partial charge on any atom is 0.185 e. The zero-order chi connectivity index (χ0) is 13.1. The minimum Gasteiger partial charge on any atom is -0.321 e. The van der Waals surface area contributed by atoms with Crippen LogP contribution in [-0.4, -0.2) is 4.57 Å². The van der Waals surface area contributed by atoms with Crippen LogP contribution in [0.1, 0.15) is 23.7 Å². The molecule has 1 aromatic carbocycles. The van der Waals surface area contributed by atoms with E-state index in [1.807, 2.05) is 17.7 Å². The molecule has 1 heterocycles. The maximum atomic E-state index is 11.7. The fourth-order valence-electron chi connectivity index (χ4n) is 1.96. The minimum absolute atomic E-state index is 0.0592. The van der Waals surface area contributed by atoms with E-state index in [0.29, 0.717) is 5.75 Å². The molecule has 0 saturated carbocycles. The van der Waals surface area contributed by atoms with Gasteiger partial charge in [-0.1, -0.05) is 19.1 Å². The summed E-state index contributed by atoms with van der Waals surface area (Å²) in [7, 11) is 0. The highest BCUT2D eigenvalue weighted by molar-refractivity contribution is 7.79. The zero-order valence-electron chi connectivity index (χ0n) is 10.7. The molecule has 0 saturated heterocycles. The van der Waals surface area contributed by atoms with Gasteiger partial charge < -0.3 is 4.57 Å². The van der Waals surface area contributed by atoms with E-state index < -0.39 is 0 Å². The third kappa shape index (κ3) is 2.51. The Labute approximate surface area is 113 Å². The number of aromatic nitrogens is 1. The monoisotopic (exact) mass is 259 g/mol. The molecule has 0 aliphatic rings. The van der Waals surface area contributed by atoms with Gasteiger partial charge in [0.2, 0.25) is 0 Å². The number of hydrogen-bond acceptors (Lipinski definition) is 2. The average Bonchev–Trinajstić information content (AvgIpc) is 2.39. The number of rotatable bonds is 3. The van der Waals surface area contributed by atoms with Crippen LogP contribution >= 0.6 is 12.6 Å². The molecule has 0 bridgehead atoms. The van der Waals surface area contributed by atoms with Crippen molar-refractivity contribution in [3.8, 4) is 5.69 Å². The predicted molar refractivity (Wildman–Crippen MR) is 78.8 cm³/mol. The van der Waals surface area contributed by atoms with Crippen molar-refractivity contribution in [3.05, 3.63) is 63.6 Å². The second-order valence-electron chi connectivity index (χ2n) is 4.35. The second kappa shape index (κ2) is 5.44. The number of thiol groups is 1. The molecule has 18 heavy (non-hydrogen) atoms. The Morgan fingerprint density at radius 2 is 1.89 bits per heavy atom. The summed E-state index contributed by atoms with van der Waals surface area (Å²) >= 11 is 4.19. The highest BCUT2D eigenvalue weighted by Gasteiger charge is 2.04. The SMILES string of the molecule is CCc1ccc(-n2cc(CS)c(=O)cc2C)cc1. The number of benzene rings is 1. The molecule has 0 aliphatic heterocycles. The van der Waals surface area contributed by atoms with Crippen LogP contribution in [0.25, 0.3) is 5.69 Å². The van der Waals surface area contributed by atoms with E-state index in [0.717, 1.165) is 23.4 Å². The van der Waals surface area contributed by atoms with Crippen LogP contribution < -0.4 is 5.43 Å². The highest BCUT2D eigenvalue weighted by atomic mass is 32.1. The summed E-state index contributed by atoms with van der Waals surface area (Å²) in [6.45, 7) is 4.08. The minimum atomic E-state index is 0.0592. The Morgan fingerprint density at radius 1 is 1.22 bits per heavy atom. The summed E-state index contributed by atoms with van der Waals surface area (Å²) in [6, 6.07) is 10.1. The van der Waals surface area contributed by atoms with Crippen molar-refractivity contribution in [2.75, 3.05) is 0 Å². The molecular formula is C15H17NOS. The van der Waals surface area contributed by atoms with E-state index in [9.17, 15) is 4.79 Å². The van der Waals surface area contributed by atoms with E-state index >= 15 is 0 Å². The number of hydrogen-bond donors (Lipinski definition) is 1. The van der Waals surface area contributed by atoms with Gasteiger partial charge in [-0.15, -0.1) is 0 Å². The molecule has 0 radical (unpaired) electrons. The van der Waals surface area contributed by atoms with Crippen LogP contribution in [0.15, 0.2) is 41.3 Å². The Kier molecular flexibility index (Phi) is 3.92. The van der Waals surface area contributed by atoms with Crippen molar-refractivity contribution in [2.24, 2.45) is 0 Å². The number of pyridine rings is 1. The molecule has 0 spiro atoms. The molecule has 2 nitrogen and oxygen atoms in total. The predicted octanol–water partition coefficient (Wildman–Crippen LogP) is 3.14. The molecular weight excluding hydrogens is 242 g/mol. The fourth-order valence-corrected chi connectivity index (χ4v) is 2.20. The smallest absolute Gasteiger partial charge is 0.185 e. The molecule has 94 valence electrons. The van der Waals surface area contributed by atoms with Crippen molar-refractivity contribution >= 4 is 12.6 Å². The van der Waals surface area contributed by atoms with Crippen LogP contribution in [0.4, 0.5) is 0 Å². The fraction of sp³-hybridized carbons (Fsp3) is 0.267. The average molecular weight is 259 g/mol. The molecule has 0 fully saturated rings. The number of nitrogens with zero attached hydrogens (tertiary/aromatic N) is 1. The van der Waals surface area contributed by atoms with Crippen molar-refractivity contribution < 1.29 is 0 Å². The van der Waals surface area contributed by atoms with Crippen LogP contribution in [-0.2, 0) is 12.2 Å². The van der Waals surface area contributed by atoms with Crippen molar-refractivity contribution in [2.45, 2.75) is 26.0 Å². The quantitative estimate of drug-likeness (QED) is 0.840. The Morgan fingerprint density at radius 3 is 2.44 bits per heavy atom. The first-order chi connectivity index (χ1) is 8.65. The lowest BCUT2D eigenvalue weighted by atomic mass is 10.1. The first-order valence-electron chi connectivity index (χ1n) is 6.08. The van der Waals surface area contributed by atoms with Gasteiger partial charge >= 0.3 is 0 Å². The van der Waals surface area contributed by atoms with Gasteiger partial charge in [0.05, 0.1) is 0 Å². The molecule has 2 rings (SSSR count). The standard InChI is InChI=1S/C15H17NOS/c1-3-12-4-6-14(7-5-12)16-9-13(10-18)15(17)8-11(16)2/h4-9,18H,3,10H2,1-2H3. The Hall–Kier alpha value is -1.48. The lowest BCUT2D eigenvalue weighted by Crippen LogP contribution is -2.13. The Balaban J connectivity index is 2.52. The second-order valence-corrected chi connectivity index (χ2v) is 4.67. The maximum absolute atomic E-state index is 11.7. The van der Waals surface area contributed by atoms with Crippen molar-refractivity contribution in [1.82, 2.24) is 4.57 Å². The van der Waals surface area contributed by atoms with E-state index in [2.05, 4.69) is 43.8 Å². The topological polar surface area (TPSA) is 22.0 Å².